The second-order valence-electron chi connectivity index (χ2n) is 3.37. The Hall–Kier alpha value is -1.10. The van der Waals surface area contributed by atoms with Crippen LogP contribution in [0.2, 0.25) is 0 Å². The van der Waals surface area contributed by atoms with Gasteiger partial charge in [-0.2, -0.15) is 0 Å². The quantitative estimate of drug-likeness (QED) is 0.514. The number of hydrogen-bond donors (Lipinski definition) is 1. The molecule has 74 valence electrons. The maximum atomic E-state index is 10.7. The minimum absolute atomic E-state index is 0.131. The molecule has 0 unspecified atom stereocenters. The number of nitro benzene ring substituents is 1. The second-order valence-corrected chi connectivity index (χ2v) is 3.76. The van der Waals surface area contributed by atoms with Gasteiger partial charge in [-0.15, -0.1) is 0 Å². The van der Waals surface area contributed by atoms with Gasteiger partial charge in [-0.05, 0) is 24.3 Å². The molecule has 0 spiro atoms. The van der Waals surface area contributed by atoms with Crippen molar-refractivity contribution in [3.05, 3.63) is 33.9 Å². The van der Waals surface area contributed by atoms with E-state index in [9.17, 15) is 10.1 Å². The average molecular weight is 257 g/mol. The van der Waals surface area contributed by atoms with Crippen molar-refractivity contribution < 1.29 is 4.92 Å². The van der Waals surface area contributed by atoms with Gasteiger partial charge in [0.2, 0.25) is 0 Å². The SMILES string of the molecule is O=[N+]([O-])c1cccc(C2CC2)c1NBr. The summed E-state index contributed by atoms with van der Waals surface area (Å²) in [4.78, 5) is 10.4. The summed E-state index contributed by atoms with van der Waals surface area (Å²) in [6, 6.07) is 5.18. The zero-order chi connectivity index (χ0) is 10.1. The third-order valence-electron chi connectivity index (χ3n) is 2.38. The first-order valence-corrected chi connectivity index (χ1v) is 5.17. The van der Waals surface area contributed by atoms with Gasteiger partial charge in [0, 0.05) is 22.2 Å². The Labute approximate surface area is 89.8 Å². The van der Waals surface area contributed by atoms with Crippen LogP contribution in [0.4, 0.5) is 11.4 Å². The predicted octanol–water partition coefficient (Wildman–Crippen LogP) is 3.19. The normalized spacial score (nSPS) is 15.2. The largest absolute Gasteiger partial charge is 0.316 e. The van der Waals surface area contributed by atoms with E-state index < -0.39 is 0 Å². The van der Waals surface area contributed by atoms with E-state index in [4.69, 9.17) is 0 Å². The molecule has 1 aromatic rings. The van der Waals surface area contributed by atoms with Crippen molar-refractivity contribution in [3.8, 4) is 0 Å². The molecule has 1 N–H and O–H groups in total. The highest BCUT2D eigenvalue weighted by Gasteiger charge is 2.29. The minimum atomic E-state index is -0.366. The van der Waals surface area contributed by atoms with Crippen LogP contribution in [0, 0.1) is 10.1 Å². The summed E-state index contributed by atoms with van der Waals surface area (Å²) in [5, 5.41) is 10.7. The summed E-state index contributed by atoms with van der Waals surface area (Å²) >= 11 is 3.07. The van der Waals surface area contributed by atoms with Crippen molar-refractivity contribution in [1.29, 1.82) is 0 Å². The highest BCUT2D eigenvalue weighted by Crippen LogP contribution is 2.46. The van der Waals surface area contributed by atoms with Crippen molar-refractivity contribution in [2.45, 2.75) is 18.8 Å². The predicted molar refractivity (Wildman–Crippen MR) is 57.6 cm³/mol. The summed E-state index contributed by atoms with van der Waals surface area (Å²) in [6.07, 6.45) is 2.26. The molecule has 0 saturated heterocycles. The van der Waals surface area contributed by atoms with Crippen LogP contribution < -0.4 is 4.34 Å². The molecule has 1 aromatic carbocycles. The number of benzene rings is 1. The lowest BCUT2D eigenvalue weighted by Gasteiger charge is -2.06. The highest BCUT2D eigenvalue weighted by atomic mass is 79.9. The summed E-state index contributed by atoms with van der Waals surface area (Å²) in [5.74, 6) is 0.495. The van der Waals surface area contributed by atoms with E-state index in [-0.39, 0.29) is 10.6 Å². The van der Waals surface area contributed by atoms with Crippen LogP contribution in [-0.4, -0.2) is 4.92 Å². The van der Waals surface area contributed by atoms with Crippen LogP contribution in [0.5, 0.6) is 0 Å². The number of nitrogens with one attached hydrogen (secondary N) is 1. The lowest BCUT2D eigenvalue weighted by molar-refractivity contribution is -0.383. The van der Waals surface area contributed by atoms with E-state index in [1.807, 2.05) is 6.07 Å². The van der Waals surface area contributed by atoms with E-state index in [2.05, 4.69) is 20.5 Å². The molecule has 4 nitrogen and oxygen atoms in total. The van der Waals surface area contributed by atoms with Gasteiger partial charge in [0.1, 0.15) is 5.69 Å². The van der Waals surface area contributed by atoms with Gasteiger partial charge in [0.25, 0.3) is 5.69 Å². The number of hydrogen-bond acceptors (Lipinski definition) is 3. The average Bonchev–Trinajstić information content (AvgIpc) is 2.99. The highest BCUT2D eigenvalue weighted by molar-refractivity contribution is 9.10. The van der Waals surface area contributed by atoms with Gasteiger partial charge in [-0.1, -0.05) is 12.1 Å². The zero-order valence-electron chi connectivity index (χ0n) is 7.37. The summed E-state index contributed by atoms with van der Waals surface area (Å²) in [5.41, 5.74) is 1.77. The van der Waals surface area contributed by atoms with Gasteiger partial charge in [0.15, 0.2) is 0 Å². The fourth-order valence-electron chi connectivity index (χ4n) is 1.55. The van der Waals surface area contributed by atoms with Crippen LogP contribution >= 0.6 is 16.1 Å². The molecule has 0 radical (unpaired) electrons. The minimum Gasteiger partial charge on any atom is -0.316 e. The molecule has 0 bridgehead atoms. The van der Waals surface area contributed by atoms with E-state index >= 15 is 0 Å². The fraction of sp³-hybridized carbons (Fsp3) is 0.333. The van der Waals surface area contributed by atoms with Gasteiger partial charge < -0.3 is 4.34 Å². The van der Waals surface area contributed by atoms with Crippen LogP contribution in [-0.2, 0) is 0 Å². The Kier molecular flexibility index (Phi) is 2.41. The van der Waals surface area contributed by atoms with Gasteiger partial charge in [0.05, 0.1) is 4.92 Å². The van der Waals surface area contributed by atoms with Crippen LogP contribution in [0.1, 0.15) is 24.3 Å². The molecule has 0 atom stereocenters. The number of rotatable bonds is 3. The third-order valence-corrected chi connectivity index (χ3v) is 2.78. The van der Waals surface area contributed by atoms with E-state index in [1.54, 1.807) is 6.07 Å². The first kappa shape index (κ1) is 9.45. The number of anilines is 1. The van der Waals surface area contributed by atoms with E-state index in [1.165, 1.54) is 6.07 Å². The molecule has 1 fully saturated rings. The molecule has 1 saturated carbocycles. The van der Waals surface area contributed by atoms with Gasteiger partial charge >= 0.3 is 0 Å². The molecule has 0 amide bonds. The molecule has 14 heavy (non-hydrogen) atoms. The molecule has 2 rings (SSSR count). The number of halogens is 1. The smallest absolute Gasteiger partial charge is 0.293 e. The monoisotopic (exact) mass is 256 g/mol. The summed E-state index contributed by atoms with van der Waals surface area (Å²) < 4.78 is 2.74. The molecule has 1 aliphatic carbocycles. The maximum Gasteiger partial charge on any atom is 0.293 e. The molecule has 0 aromatic heterocycles. The van der Waals surface area contributed by atoms with Crippen molar-refractivity contribution in [2.75, 3.05) is 4.34 Å². The van der Waals surface area contributed by atoms with Crippen molar-refractivity contribution in [2.24, 2.45) is 0 Å². The third kappa shape index (κ3) is 1.59. The first-order valence-electron chi connectivity index (χ1n) is 4.38. The van der Waals surface area contributed by atoms with Crippen LogP contribution in [0.3, 0.4) is 0 Å². The Bertz CT molecular complexity index is 377. The zero-order valence-corrected chi connectivity index (χ0v) is 8.95. The number of para-hydroxylation sites is 1. The lowest BCUT2D eigenvalue weighted by atomic mass is 10.1. The topological polar surface area (TPSA) is 55.2 Å². The van der Waals surface area contributed by atoms with Crippen LogP contribution in [0.25, 0.3) is 0 Å². The Morgan fingerprint density at radius 1 is 1.50 bits per heavy atom. The number of nitrogens with zero attached hydrogens (tertiary/aromatic N) is 1. The lowest BCUT2D eigenvalue weighted by Crippen LogP contribution is -1.96. The van der Waals surface area contributed by atoms with Crippen LogP contribution in [0.15, 0.2) is 18.2 Å². The van der Waals surface area contributed by atoms with Gasteiger partial charge in [-0.3, -0.25) is 10.1 Å². The molecular formula is C9H9BrN2O2. The van der Waals surface area contributed by atoms with E-state index in [0.29, 0.717) is 11.6 Å². The number of nitro groups is 1. The first-order chi connectivity index (χ1) is 6.74. The van der Waals surface area contributed by atoms with Crippen molar-refractivity contribution in [3.63, 3.8) is 0 Å². The van der Waals surface area contributed by atoms with Gasteiger partial charge in [-0.25, -0.2) is 0 Å². The van der Waals surface area contributed by atoms with E-state index in [0.717, 1.165) is 18.4 Å². The Morgan fingerprint density at radius 2 is 2.21 bits per heavy atom. The summed E-state index contributed by atoms with van der Waals surface area (Å²) in [6.45, 7) is 0. The molecule has 0 aliphatic heterocycles. The van der Waals surface area contributed by atoms with Crippen molar-refractivity contribution >= 4 is 27.5 Å². The molecule has 0 heterocycles. The standard InChI is InChI=1S/C9H9BrN2O2/c10-11-9-7(6-4-5-6)2-1-3-8(9)12(13)14/h1-3,6,11H,4-5H2. The Morgan fingerprint density at radius 3 is 2.71 bits per heavy atom. The summed E-state index contributed by atoms with van der Waals surface area (Å²) in [7, 11) is 0. The Balaban J connectivity index is 2.49. The maximum absolute atomic E-state index is 10.7. The fourth-order valence-corrected chi connectivity index (χ4v) is 1.98. The molecule has 1 aliphatic rings. The second kappa shape index (κ2) is 3.57. The molecule has 5 heteroatoms. The van der Waals surface area contributed by atoms with Crippen molar-refractivity contribution in [1.82, 2.24) is 0 Å². The molecular weight excluding hydrogens is 248 g/mol.